The van der Waals surface area contributed by atoms with Gasteiger partial charge in [0.15, 0.2) is 0 Å². The normalized spacial score (nSPS) is 14.8. The lowest BCUT2D eigenvalue weighted by Gasteiger charge is -2.12. The summed E-state index contributed by atoms with van der Waals surface area (Å²) in [4.78, 5) is 24.6. The molecule has 0 atom stereocenters. The molecule has 2 rings (SSSR count). The van der Waals surface area contributed by atoms with E-state index >= 15 is 0 Å². The van der Waals surface area contributed by atoms with Crippen molar-refractivity contribution in [3.63, 3.8) is 0 Å². The molecule has 1 heterocycles. The average Bonchev–Trinajstić information content (AvgIpc) is 2.81. The fourth-order valence-corrected chi connectivity index (χ4v) is 2.40. The number of benzene rings is 1. The van der Waals surface area contributed by atoms with Crippen molar-refractivity contribution in [2.45, 2.75) is 19.8 Å². The van der Waals surface area contributed by atoms with E-state index in [-0.39, 0.29) is 12.3 Å². The van der Waals surface area contributed by atoms with Crippen LogP contribution in [0.15, 0.2) is 30.0 Å². The summed E-state index contributed by atoms with van der Waals surface area (Å²) in [6.07, 6.45) is 0.592. The van der Waals surface area contributed by atoms with Gasteiger partial charge in [0.05, 0.1) is 19.2 Å². The molecule has 0 fully saturated rings. The van der Waals surface area contributed by atoms with E-state index in [4.69, 9.17) is 9.84 Å². The molecule has 0 unspecified atom stereocenters. The summed E-state index contributed by atoms with van der Waals surface area (Å²) in [6.45, 7) is 3.08. The van der Waals surface area contributed by atoms with E-state index in [0.29, 0.717) is 30.8 Å². The van der Waals surface area contributed by atoms with Crippen LogP contribution in [0, 0.1) is 0 Å². The Balaban J connectivity index is 2.21. The van der Waals surface area contributed by atoms with Gasteiger partial charge in [0.2, 0.25) is 0 Å². The summed E-state index contributed by atoms with van der Waals surface area (Å²) in [6, 6.07) is 7.42. The number of hydrogen-bond donors (Lipinski definition) is 1. The van der Waals surface area contributed by atoms with Crippen molar-refractivity contribution in [3.8, 4) is 0 Å². The van der Waals surface area contributed by atoms with Crippen molar-refractivity contribution >= 4 is 17.4 Å². The molecule has 1 aliphatic heterocycles. The maximum absolute atomic E-state index is 12.3. The Morgan fingerprint density at radius 2 is 2.00 bits per heavy atom. The summed E-state index contributed by atoms with van der Waals surface area (Å²) in [5.41, 5.74) is 2.36. The molecule has 21 heavy (non-hydrogen) atoms. The van der Waals surface area contributed by atoms with Gasteiger partial charge >= 0.3 is 5.97 Å². The lowest BCUT2D eigenvalue weighted by atomic mass is 10.0. The highest BCUT2D eigenvalue weighted by Crippen LogP contribution is 2.28. The summed E-state index contributed by atoms with van der Waals surface area (Å²) in [5.74, 6) is -0.152. The van der Waals surface area contributed by atoms with Crippen LogP contribution in [-0.4, -0.2) is 42.1 Å². The van der Waals surface area contributed by atoms with Crippen LogP contribution in [0.25, 0.3) is 5.57 Å². The zero-order chi connectivity index (χ0) is 15.4. The number of hydrogen-bond acceptors (Lipinski definition) is 3. The van der Waals surface area contributed by atoms with Crippen LogP contribution in [0.1, 0.15) is 24.5 Å². The lowest BCUT2D eigenvalue weighted by molar-refractivity contribution is -0.137. The van der Waals surface area contributed by atoms with Crippen molar-refractivity contribution in [2.75, 3.05) is 20.2 Å². The fourth-order valence-electron chi connectivity index (χ4n) is 2.40. The molecule has 1 amide bonds. The smallest absolute Gasteiger partial charge is 0.303 e. The zero-order valence-electron chi connectivity index (χ0n) is 12.3. The van der Waals surface area contributed by atoms with E-state index in [1.807, 2.05) is 31.2 Å². The highest BCUT2D eigenvalue weighted by Gasteiger charge is 2.31. The molecule has 0 saturated heterocycles. The van der Waals surface area contributed by atoms with Gasteiger partial charge in [-0.1, -0.05) is 24.3 Å². The van der Waals surface area contributed by atoms with Crippen LogP contribution in [0.5, 0.6) is 0 Å². The molecule has 1 aromatic rings. The molecule has 1 N–H and O–H groups in total. The second-order valence-corrected chi connectivity index (χ2v) is 4.91. The summed E-state index contributed by atoms with van der Waals surface area (Å²) < 4.78 is 5.33. The minimum atomic E-state index is -0.812. The molecule has 5 heteroatoms. The number of rotatable bonds is 6. The number of carbonyl (C=O) groups is 2. The van der Waals surface area contributed by atoms with Crippen molar-refractivity contribution < 1.29 is 19.4 Å². The molecule has 112 valence electrons. The Morgan fingerprint density at radius 1 is 1.33 bits per heavy atom. The van der Waals surface area contributed by atoms with Crippen molar-refractivity contribution in [3.05, 3.63) is 41.2 Å². The molecule has 1 aromatic carbocycles. The quantitative estimate of drug-likeness (QED) is 0.869. The molecule has 0 aromatic heterocycles. The van der Waals surface area contributed by atoms with Gasteiger partial charge in [-0.25, -0.2) is 0 Å². The lowest BCUT2D eigenvalue weighted by Crippen LogP contribution is -2.26. The minimum Gasteiger partial charge on any atom is -0.498 e. The van der Waals surface area contributed by atoms with Crippen LogP contribution in [-0.2, 0) is 20.7 Å². The number of methoxy groups -OCH3 is 1. The van der Waals surface area contributed by atoms with Gasteiger partial charge in [-0.2, -0.15) is 0 Å². The topological polar surface area (TPSA) is 66.8 Å². The number of aliphatic carboxylic acids is 1. The van der Waals surface area contributed by atoms with Gasteiger partial charge in [0, 0.05) is 13.0 Å². The van der Waals surface area contributed by atoms with Gasteiger partial charge in [0.1, 0.15) is 5.76 Å². The molecular weight excluding hydrogens is 270 g/mol. The first-order valence-electron chi connectivity index (χ1n) is 6.94. The summed E-state index contributed by atoms with van der Waals surface area (Å²) in [7, 11) is 1.57. The second-order valence-electron chi connectivity index (χ2n) is 4.91. The van der Waals surface area contributed by atoms with Crippen LogP contribution >= 0.6 is 0 Å². The molecule has 0 bridgehead atoms. The molecule has 0 spiro atoms. The van der Waals surface area contributed by atoms with Crippen LogP contribution < -0.4 is 0 Å². The van der Waals surface area contributed by atoms with Crippen molar-refractivity contribution in [1.29, 1.82) is 0 Å². The maximum atomic E-state index is 12.3. The first-order chi connectivity index (χ1) is 10.1. The third-order valence-corrected chi connectivity index (χ3v) is 3.61. The standard InChI is InChI=1S/C16H19NO4/c1-3-17-10-13(21-2)15(16(17)20)12-7-4-11(5-8-12)6-9-14(18)19/h4-5,7-8H,3,6,9-10H2,1-2H3,(H,18,19). The predicted molar refractivity (Wildman–Crippen MR) is 78.6 cm³/mol. The van der Waals surface area contributed by atoms with Gasteiger partial charge in [-0.05, 0) is 24.5 Å². The van der Waals surface area contributed by atoms with Crippen LogP contribution in [0.2, 0.25) is 0 Å². The predicted octanol–water partition coefficient (Wildman–Crippen LogP) is 1.92. The number of likely N-dealkylation sites (N-methyl/N-ethyl adjacent to an activating group) is 1. The molecule has 0 radical (unpaired) electrons. The highest BCUT2D eigenvalue weighted by molar-refractivity contribution is 6.22. The number of aryl methyl sites for hydroxylation is 1. The second kappa shape index (κ2) is 6.43. The first-order valence-corrected chi connectivity index (χ1v) is 6.94. The Labute approximate surface area is 123 Å². The summed E-state index contributed by atoms with van der Waals surface area (Å²) in [5, 5.41) is 8.69. The number of carbonyl (C=O) groups excluding carboxylic acids is 1. The van der Waals surface area contributed by atoms with Gasteiger partial charge in [-0.15, -0.1) is 0 Å². The van der Waals surface area contributed by atoms with Crippen LogP contribution in [0.3, 0.4) is 0 Å². The Bertz CT molecular complexity index is 574. The Hall–Kier alpha value is -2.30. The summed E-state index contributed by atoms with van der Waals surface area (Å²) >= 11 is 0. The van der Waals surface area contributed by atoms with E-state index in [2.05, 4.69) is 0 Å². The van der Waals surface area contributed by atoms with E-state index in [9.17, 15) is 9.59 Å². The maximum Gasteiger partial charge on any atom is 0.303 e. The monoisotopic (exact) mass is 289 g/mol. The third kappa shape index (κ3) is 3.24. The minimum absolute atomic E-state index is 0.0207. The molecular formula is C16H19NO4. The zero-order valence-corrected chi connectivity index (χ0v) is 12.3. The van der Waals surface area contributed by atoms with E-state index in [0.717, 1.165) is 11.1 Å². The first kappa shape index (κ1) is 15.1. The van der Waals surface area contributed by atoms with Gasteiger partial charge in [-0.3, -0.25) is 9.59 Å². The largest absolute Gasteiger partial charge is 0.498 e. The van der Waals surface area contributed by atoms with Gasteiger partial charge in [0.25, 0.3) is 5.91 Å². The number of amides is 1. The number of nitrogens with zero attached hydrogens (tertiary/aromatic N) is 1. The van der Waals surface area contributed by atoms with E-state index < -0.39 is 5.97 Å². The SMILES string of the molecule is CCN1CC(OC)=C(c2ccc(CCC(=O)O)cc2)C1=O. The Morgan fingerprint density at radius 3 is 2.52 bits per heavy atom. The Kier molecular flexibility index (Phi) is 4.62. The van der Waals surface area contributed by atoms with Gasteiger partial charge < -0.3 is 14.7 Å². The van der Waals surface area contributed by atoms with Crippen molar-refractivity contribution in [1.82, 2.24) is 4.90 Å². The molecule has 5 nitrogen and oxygen atoms in total. The molecule has 0 saturated carbocycles. The number of ether oxygens (including phenoxy) is 1. The highest BCUT2D eigenvalue weighted by atomic mass is 16.5. The van der Waals surface area contributed by atoms with Crippen LogP contribution in [0.4, 0.5) is 0 Å². The van der Waals surface area contributed by atoms with E-state index in [1.54, 1.807) is 12.0 Å². The third-order valence-electron chi connectivity index (χ3n) is 3.61. The fraction of sp³-hybridized carbons (Fsp3) is 0.375. The van der Waals surface area contributed by atoms with Crippen molar-refractivity contribution in [2.24, 2.45) is 0 Å². The molecule has 1 aliphatic rings. The number of carboxylic acids is 1. The van der Waals surface area contributed by atoms with E-state index in [1.165, 1.54) is 0 Å². The average molecular weight is 289 g/mol. The number of carboxylic acid groups (broad SMARTS) is 1. The molecule has 0 aliphatic carbocycles.